The van der Waals surface area contributed by atoms with Crippen LogP contribution in [0.1, 0.15) is 43.2 Å². The van der Waals surface area contributed by atoms with Crippen molar-refractivity contribution in [2.45, 2.75) is 44.2 Å². The van der Waals surface area contributed by atoms with Crippen LogP contribution in [0.3, 0.4) is 0 Å². The molecule has 1 aromatic heterocycles. The maximum Gasteiger partial charge on any atom is 0.247 e. The number of nitrogens with zero attached hydrogens (tertiary/aromatic N) is 2. The lowest BCUT2D eigenvalue weighted by atomic mass is 10.1. The quantitative estimate of drug-likeness (QED) is 0.857. The lowest BCUT2D eigenvalue weighted by molar-refractivity contribution is -0.135. The van der Waals surface area contributed by atoms with Crippen LogP contribution in [0.4, 0.5) is 0 Å². The van der Waals surface area contributed by atoms with E-state index in [2.05, 4.69) is 10.3 Å². The predicted octanol–water partition coefficient (Wildman–Crippen LogP) is 1.26. The topological polar surface area (TPSA) is 58.4 Å². The molecule has 3 rings (SSSR count). The number of carbonyl (C=O) groups excluding carboxylic acids is 1. The Balaban J connectivity index is 1.88. The highest BCUT2D eigenvalue weighted by Crippen LogP contribution is 2.30. The largest absolute Gasteiger partial charge is 0.446 e. The second-order valence-electron chi connectivity index (χ2n) is 5.10. The van der Waals surface area contributed by atoms with Crippen molar-refractivity contribution in [3.63, 3.8) is 0 Å². The first-order valence-corrected chi connectivity index (χ1v) is 6.71. The smallest absolute Gasteiger partial charge is 0.247 e. The van der Waals surface area contributed by atoms with Crippen LogP contribution in [-0.2, 0) is 11.2 Å². The molecule has 1 N–H and O–H groups in total. The lowest BCUT2D eigenvalue weighted by Gasteiger charge is -2.29. The maximum atomic E-state index is 12.6. The molecule has 2 heterocycles. The summed E-state index contributed by atoms with van der Waals surface area (Å²) in [6.45, 7) is 0.765. The molecular weight excluding hydrogens is 230 g/mol. The molecule has 18 heavy (non-hydrogen) atoms. The molecule has 1 atom stereocenters. The van der Waals surface area contributed by atoms with Gasteiger partial charge in [-0.25, -0.2) is 4.98 Å². The number of likely N-dealkylation sites (N-methyl/N-ethyl adjacent to an activating group) is 1. The van der Waals surface area contributed by atoms with Crippen molar-refractivity contribution >= 4 is 5.91 Å². The average molecular weight is 249 g/mol. The molecule has 0 radical (unpaired) electrons. The van der Waals surface area contributed by atoms with Crippen molar-refractivity contribution in [3.8, 4) is 0 Å². The van der Waals surface area contributed by atoms with Crippen molar-refractivity contribution in [2.75, 3.05) is 13.6 Å². The van der Waals surface area contributed by atoms with Crippen molar-refractivity contribution in [3.05, 3.63) is 17.8 Å². The van der Waals surface area contributed by atoms with E-state index in [1.54, 1.807) is 7.05 Å². The molecule has 0 saturated heterocycles. The Kier molecular flexibility index (Phi) is 3.07. The molecule has 1 amide bonds. The zero-order valence-electron chi connectivity index (χ0n) is 10.7. The summed E-state index contributed by atoms with van der Waals surface area (Å²) in [6.07, 6.45) is 6.98. The van der Waals surface area contributed by atoms with E-state index in [-0.39, 0.29) is 11.9 Å². The lowest BCUT2D eigenvalue weighted by Crippen LogP contribution is -2.44. The molecule has 5 nitrogen and oxygen atoms in total. The molecule has 98 valence electrons. The molecule has 0 spiro atoms. The van der Waals surface area contributed by atoms with E-state index in [1.165, 1.54) is 19.2 Å². The molecule has 1 unspecified atom stereocenters. The first-order chi connectivity index (χ1) is 8.81. The second-order valence-corrected chi connectivity index (χ2v) is 5.10. The van der Waals surface area contributed by atoms with Gasteiger partial charge in [-0.3, -0.25) is 4.79 Å². The fraction of sp³-hybridized carbons (Fsp3) is 0.692. The Labute approximate surface area is 107 Å². The summed E-state index contributed by atoms with van der Waals surface area (Å²) in [4.78, 5) is 18.9. The van der Waals surface area contributed by atoms with Crippen LogP contribution >= 0.6 is 0 Å². The minimum atomic E-state index is -0.370. The predicted molar refractivity (Wildman–Crippen MR) is 66.0 cm³/mol. The summed E-state index contributed by atoms with van der Waals surface area (Å²) in [5.74, 6) is 0.836. The van der Waals surface area contributed by atoms with E-state index < -0.39 is 0 Å². The van der Waals surface area contributed by atoms with Gasteiger partial charge < -0.3 is 14.6 Å². The number of nitrogens with one attached hydrogen (secondary N) is 1. The van der Waals surface area contributed by atoms with E-state index >= 15 is 0 Å². The van der Waals surface area contributed by atoms with E-state index in [0.29, 0.717) is 11.8 Å². The fourth-order valence-electron chi connectivity index (χ4n) is 3.15. The second kappa shape index (κ2) is 4.72. The summed E-state index contributed by atoms with van der Waals surface area (Å²) in [7, 11) is 1.80. The molecule has 1 fully saturated rings. The van der Waals surface area contributed by atoms with Gasteiger partial charge in [-0.15, -0.1) is 0 Å². The molecule has 1 aliphatic heterocycles. The number of oxazole rings is 1. The van der Waals surface area contributed by atoms with Crippen LogP contribution in [0.2, 0.25) is 0 Å². The van der Waals surface area contributed by atoms with Crippen LogP contribution < -0.4 is 5.32 Å². The highest BCUT2D eigenvalue weighted by Gasteiger charge is 2.36. The van der Waals surface area contributed by atoms with Gasteiger partial charge in [-0.1, -0.05) is 12.8 Å². The summed E-state index contributed by atoms with van der Waals surface area (Å²) in [6, 6.07) is 0.0444. The summed E-state index contributed by atoms with van der Waals surface area (Å²) in [5, 5.41) is 3.06. The Morgan fingerprint density at radius 2 is 2.22 bits per heavy atom. The monoisotopic (exact) mass is 249 g/mol. The van der Waals surface area contributed by atoms with Crippen LogP contribution in [0.15, 0.2) is 10.8 Å². The Morgan fingerprint density at radius 1 is 1.44 bits per heavy atom. The van der Waals surface area contributed by atoms with Crippen LogP contribution in [0, 0.1) is 0 Å². The molecule has 1 aromatic rings. The highest BCUT2D eigenvalue weighted by atomic mass is 16.3. The standard InChI is InChI=1S/C13H19N3O2/c1-14-11-12-10(15-8-18-12)6-7-16(13(11)17)9-4-2-3-5-9/h8-9,11,14H,2-7H2,1H3. The SMILES string of the molecule is CNC1C(=O)N(C2CCCC2)CCc2ncoc21. The minimum Gasteiger partial charge on any atom is -0.446 e. The van der Waals surface area contributed by atoms with Gasteiger partial charge in [0, 0.05) is 19.0 Å². The van der Waals surface area contributed by atoms with E-state index in [0.717, 1.165) is 31.5 Å². The Bertz CT molecular complexity index is 437. The number of fused-ring (bicyclic) bond motifs is 1. The normalized spacial score (nSPS) is 25.3. The number of aromatic nitrogens is 1. The van der Waals surface area contributed by atoms with E-state index in [1.807, 2.05) is 4.90 Å². The molecular formula is C13H19N3O2. The number of carbonyl (C=O) groups is 1. The number of hydrogen-bond donors (Lipinski definition) is 1. The van der Waals surface area contributed by atoms with Crippen LogP contribution in [-0.4, -0.2) is 35.4 Å². The summed E-state index contributed by atoms with van der Waals surface area (Å²) in [5.41, 5.74) is 0.920. The van der Waals surface area contributed by atoms with E-state index in [4.69, 9.17) is 4.42 Å². The maximum absolute atomic E-state index is 12.6. The molecule has 1 saturated carbocycles. The van der Waals surface area contributed by atoms with Crippen molar-refractivity contribution in [1.82, 2.24) is 15.2 Å². The van der Waals surface area contributed by atoms with Gasteiger partial charge in [0.2, 0.25) is 5.91 Å². The third-order valence-electron chi connectivity index (χ3n) is 4.11. The van der Waals surface area contributed by atoms with Crippen molar-refractivity contribution in [1.29, 1.82) is 0 Å². The molecule has 5 heteroatoms. The Hall–Kier alpha value is -1.36. The molecule has 2 aliphatic rings. The van der Waals surface area contributed by atoms with Crippen LogP contribution in [0.25, 0.3) is 0 Å². The highest BCUT2D eigenvalue weighted by molar-refractivity contribution is 5.83. The van der Waals surface area contributed by atoms with Gasteiger partial charge in [0.15, 0.2) is 12.2 Å². The summed E-state index contributed by atoms with van der Waals surface area (Å²) >= 11 is 0. The fourth-order valence-corrected chi connectivity index (χ4v) is 3.15. The molecule has 0 aromatic carbocycles. The number of rotatable bonds is 2. The number of hydrogen-bond acceptors (Lipinski definition) is 4. The van der Waals surface area contributed by atoms with Gasteiger partial charge in [-0.2, -0.15) is 0 Å². The van der Waals surface area contributed by atoms with Gasteiger partial charge in [0.25, 0.3) is 0 Å². The summed E-state index contributed by atoms with van der Waals surface area (Å²) < 4.78 is 5.40. The van der Waals surface area contributed by atoms with E-state index in [9.17, 15) is 4.79 Å². The third-order valence-corrected chi connectivity index (χ3v) is 4.11. The van der Waals surface area contributed by atoms with Gasteiger partial charge in [0.05, 0.1) is 5.69 Å². The third kappa shape index (κ3) is 1.82. The van der Waals surface area contributed by atoms with Gasteiger partial charge >= 0.3 is 0 Å². The first kappa shape index (κ1) is 11.7. The first-order valence-electron chi connectivity index (χ1n) is 6.71. The zero-order valence-corrected chi connectivity index (χ0v) is 10.7. The Morgan fingerprint density at radius 3 is 2.94 bits per heavy atom. The average Bonchev–Trinajstić information content (AvgIpc) is 3.01. The van der Waals surface area contributed by atoms with Crippen molar-refractivity contribution < 1.29 is 9.21 Å². The molecule has 0 bridgehead atoms. The number of amides is 1. The molecule has 1 aliphatic carbocycles. The zero-order chi connectivity index (χ0) is 12.5. The minimum absolute atomic E-state index is 0.139. The van der Waals surface area contributed by atoms with Crippen molar-refractivity contribution in [2.24, 2.45) is 0 Å². The van der Waals surface area contributed by atoms with Gasteiger partial charge in [-0.05, 0) is 19.9 Å². The van der Waals surface area contributed by atoms with Gasteiger partial charge in [0.1, 0.15) is 6.04 Å². The van der Waals surface area contributed by atoms with Crippen LogP contribution in [0.5, 0.6) is 0 Å².